The minimum absolute atomic E-state index is 0.0688. The maximum absolute atomic E-state index is 9.11. The van der Waals surface area contributed by atoms with E-state index in [1.807, 2.05) is 0 Å². The quantitative estimate of drug-likeness (QED) is 0.473. The molecule has 1 aliphatic carbocycles. The average Bonchev–Trinajstić information content (AvgIpc) is 1.99. The van der Waals surface area contributed by atoms with Gasteiger partial charge in [0.2, 0.25) is 5.39 Å². The molecule has 1 aliphatic rings. The molecule has 0 radical (unpaired) electrons. The number of aliphatic hydroxyl groups is 1. The van der Waals surface area contributed by atoms with Crippen LogP contribution in [0.15, 0.2) is 22.6 Å². The van der Waals surface area contributed by atoms with Crippen LogP contribution in [0.4, 0.5) is 0 Å². The van der Waals surface area contributed by atoms with Gasteiger partial charge in [-0.15, -0.1) is 11.6 Å². The number of nitrogens with zero attached hydrogens (tertiary/aromatic N) is 2. The zero-order chi connectivity index (χ0) is 8.43. The van der Waals surface area contributed by atoms with Crippen molar-refractivity contribution in [3.63, 3.8) is 0 Å². The van der Waals surface area contributed by atoms with Crippen molar-refractivity contribution in [1.82, 2.24) is 0 Å². The number of allylic oxidation sites excluding steroid dienone is 4. The van der Waals surface area contributed by atoms with Crippen molar-refractivity contribution in [2.45, 2.75) is 11.8 Å². The molecule has 0 amide bonds. The van der Waals surface area contributed by atoms with Crippen molar-refractivity contribution in [1.29, 1.82) is 5.39 Å². The Morgan fingerprint density at radius 2 is 2.36 bits per heavy atom. The van der Waals surface area contributed by atoms with Gasteiger partial charge in [0.05, 0.1) is 17.5 Å². The molecular formula is C6H5Cl2N2O+. The Morgan fingerprint density at radius 1 is 1.73 bits per heavy atom. The van der Waals surface area contributed by atoms with Gasteiger partial charge in [-0.25, -0.2) is 0 Å². The van der Waals surface area contributed by atoms with E-state index < -0.39 is 5.38 Å². The second-order valence-electron chi connectivity index (χ2n) is 2.14. The molecular weight excluding hydrogens is 187 g/mol. The average molecular weight is 192 g/mol. The summed E-state index contributed by atoms with van der Waals surface area (Å²) in [5.41, 5.74) is 0.368. The first-order valence-corrected chi connectivity index (χ1v) is 3.75. The monoisotopic (exact) mass is 191 g/mol. The van der Waals surface area contributed by atoms with Crippen LogP contribution in [0.1, 0.15) is 6.42 Å². The highest BCUT2D eigenvalue weighted by atomic mass is 35.5. The lowest BCUT2D eigenvalue weighted by molar-refractivity contribution is 0.387. The highest BCUT2D eigenvalue weighted by molar-refractivity contribution is 6.33. The van der Waals surface area contributed by atoms with Crippen LogP contribution in [0.2, 0.25) is 0 Å². The second kappa shape index (κ2) is 3.12. The normalized spacial score (nSPS) is 24.5. The fourth-order valence-corrected chi connectivity index (χ4v) is 1.37. The maximum Gasteiger partial charge on any atom is 0.365 e. The van der Waals surface area contributed by atoms with Crippen molar-refractivity contribution < 1.29 is 5.11 Å². The Hall–Kier alpha value is -0.720. The Bertz CT molecular complexity index is 277. The second-order valence-corrected chi connectivity index (χ2v) is 3.07. The van der Waals surface area contributed by atoms with Crippen LogP contribution in [-0.2, 0) is 0 Å². The van der Waals surface area contributed by atoms with E-state index in [-0.39, 0.29) is 10.8 Å². The summed E-state index contributed by atoms with van der Waals surface area (Å²) in [6.07, 6.45) is 1.66. The predicted octanol–water partition coefficient (Wildman–Crippen LogP) is 2.74. The molecule has 0 bridgehead atoms. The van der Waals surface area contributed by atoms with Gasteiger partial charge in [0, 0.05) is 0 Å². The summed E-state index contributed by atoms with van der Waals surface area (Å²) < 4.78 is 0. The van der Waals surface area contributed by atoms with Gasteiger partial charge >= 0.3 is 5.70 Å². The molecule has 0 aromatic rings. The smallest absolute Gasteiger partial charge is 0.365 e. The number of rotatable bonds is 0. The summed E-state index contributed by atoms with van der Waals surface area (Å²) >= 11 is 11.2. The molecule has 5 heteroatoms. The van der Waals surface area contributed by atoms with E-state index in [0.717, 1.165) is 0 Å². The van der Waals surface area contributed by atoms with Crippen LogP contribution in [0.25, 0.3) is 4.98 Å². The van der Waals surface area contributed by atoms with Gasteiger partial charge in [0.15, 0.2) is 4.98 Å². The Balaban J connectivity index is 2.98. The van der Waals surface area contributed by atoms with Gasteiger partial charge in [-0.2, -0.15) is 0 Å². The molecule has 0 saturated heterocycles. The zero-order valence-corrected chi connectivity index (χ0v) is 6.97. The molecule has 0 spiro atoms. The minimum atomic E-state index is -0.585. The van der Waals surface area contributed by atoms with Gasteiger partial charge in [0.25, 0.3) is 0 Å². The summed E-state index contributed by atoms with van der Waals surface area (Å²) in [6, 6.07) is 0. The van der Waals surface area contributed by atoms with E-state index in [4.69, 9.17) is 33.7 Å². The molecule has 0 aromatic carbocycles. The first-order valence-electron chi connectivity index (χ1n) is 2.93. The lowest BCUT2D eigenvalue weighted by Crippen LogP contribution is -2.08. The molecule has 3 nitrogen and oxygen atoms in total. The third kappa shape index (κ3) is 1.65. The van der Waals surface area contributed by atoms with Crippen LogP contribution in [-0.4, -0.2) is 10.5 Å². The molecule has 0 heterocycles. The molecule has 1 unspecified atom stereocenters. The lowest BCUT2D eigenvalue weighted by atomic mass is 10.1. The third-order valence-corrected chi connectivity index (χ3v) is 2.02. The van der Waals surface area contributed by atoms with Crippen molar-refractivity contribution in [3.8, 4) is 0 Å². The number of diazo groups is 1. The van der Waals surface area contributed by atoms with Gasteiger partial charge < -0.3 is 5.11 Å². The summed E-state index contributed by atoms with van der Waals surface area (Å²) in [7, 11) is 0. The van der Waals surface area contributed by atoms with Crippen molar-refractivity contribution in [2.75, 3.05) is 0 Å². The summed E-state index contributed by atoms with van der Waals surface area (Å²) in [6.45, 7) is 0. The Kier molecular flexibility index (Phi) is 2.38. The SMILES string of the molecule is N#[N+]C1=CC(Cl)=C(O)C(Cl)C1. The topological polar surface area (TPSA) is 48.4 Å². The number of halogens is 2. The van der Waals surface area contributed by atoms with E-state index in [9.17, 15) is 0 Å². The summed E-state index contributed by atoms with van der Waals surface area (Å²) in [5, 5.41) is 17.0. The largest absolute Gasteiger partial charge is 0.509 e. The van der Waals surface area contributed by atoms with Crippen molar-refractivity contribution in [2.24, 2.45) is 0 Å². The van der Waals surface area contributed by atoms with E-state index in [2.05, 4.69) is 4.98 Å². The molecule has 1 N–H and O–H groups in total. The molecule has 11 heavy (non-hydrogen) atoms. The van der Waals surface area contributed by atoms with Crippen molar-refractivity contribution in [3.05, 3.63) is 27.5 Å². The van der Waals surface area contributed by atoms with Crippen LogP contribution in [0.3, 0.4) is 0 Å². The molecule has 0 saturated carbocycles. The highest BCUT2D eigenvalue weighted by Crippen LogP contribution is 2.29. The fraction of sp³-hybridized carbons (Fsp3) is 0.333. The third-order valence-electron chi connectivity index (χ3n) is 1.35. The minimum Gasteiger partial charge on any atom is -0.509 e. The number of hydrogen-bond acceptors (Lipinski definition) is 2. The lowest BCUT2D eigenvalue weighted by Gasteiger charge is -2.08. The number of alkyl halides is 1. The fourth-order valence-electron chi connectivity index (χ4n) is 0.779. The summed E-state index contributed by atoms with van der Waals surface area (Å²) in [5.74, 6) is -0.0688. The van der Waals surface area contributed by atoms with Crippen LogP contribution in [0.5, 0.6) is 0 Å². The first-order chi connectivity index (χ1) is 5.15. The van der Waals surface area contributed by atoms with Crippen molar-refractivity contribution >= 4 is 23.2 Å². The van der Waals surface area contributed by atoms with E-state index in [0.29, 0.717) is 12.1 Å². The molecule has 0 fully saturated rings. The van der Waals surface area contributed by atoms with Crippen LogP contribution < -0.4 is 0 Å². The van der Waals surface area contributed by atoms with Gasteiger partial charge in [0.1, 0.15) is 11.1 Å². The molecule has 0 aromatic heterocycles. The van der Waals surface area contributed by atoms with Crippen LogP contribution >= 0.6 is 23.2 Å². The molecule has 1 atom stereocenters. The van der Waals surface area contributed by atoms with E-state index in [1.165, 1.54) is 6.08 Å². The predicted molar refractivity (Wildman–Crippen MR) is 42.9 cm³/mol. The highest BCUT2D eigenvalue weighted by Gasteiger charge is 2.27. The first kappa shape index (κ1) is 8.38. The van der Waals surface area contributed by atoms with Crippen LogP contribution in [0, 0.1) is 5.39 Å². The van der Waals surface area contributed by atoms with Gasteiger partial charge in [-0.05, 0) is 0 Å². The van der Waals surface area contributed by atoms with E-state index in [1.54, 1.807) is 0 Å². The molecule has 1 rings (SSSR count). The Labute approximate surface area is 73.5 Å². The van der Waals surface area contributed by atoms with E-state index >= 15 is 0 Å². The van der Waals surface area contributed by atoms with Gasteiger partial charge in [-0.1, -0.05) is 11.6 Å². The summed E-state index contributed by atoms with van der Waals surface area (Å²) in [4.78, 5) is 2.93. The van der Waals surface area contributed by atoms with Gasteiger partial charge in [-0.3, -0.25) is 0 Å². The number of hydrogen-bond donors (Lipinski definition) is 1. The molecule has 0 aliphatic heterocycles. The molecule has 58 valence electrons. The maximum atomic E-state index is 9.11. The zero-order valence-electron chi connectivity index (χ0n) is 5.46. The standard InChI is InChI=1S/C6H4Cl2N2O/c7-4-1-3(10-9)2-5(8)6(4)11/h1,5H,2H2/p+1. The Morgan fingerprint density at radius 3 is 2.82 bits per heavy atom. The number of aliphatic hydroxyl groups excluding tert-OH is 1.